The van der Waals surface area contributed by atoms with Gasteiger partial charge in [-0.25, -0.2) is 0 Å². The lowest BCUT2D eigenvalue weighted by Gasteiger charge is -2.37. The largest absolute Gasteiger partial charge is 0.493 e. The molecule has 5 rings (SSSR count). The van der Waals surface area contributed by atoms with Gasteiger partial charge in [0.1, 0.15) is 0 Å². The summed E-state index contributed by atoms with van der Waals surface area (Å²) in [5, 5.41) is 6.67. The molecule has 1 amide bonds. The Balaban J connectivity index is 1.35. The molecule has 6 nitrogen and oxygen atoms in total. The van der Waals surface area contributed by atoms with E-state index in [0.29, 0.717) is 24.6 Å². The summed E-state index contributed by atoms with van der Waals surface area (Å²) in [6.07, 6.45) is 1.65. The Morgan fingerprint density at radius 1 is 0.800 bits per heavy atom. The van der Waals surface area contributed by atoms with Gasteiger partial charge in [-0.05, 0) is 64.9 Å². The summed E-state index contributed by atoms with van der Waals surface area (Å²) in [6.45, 7) is 2.47. The molecule has 0 spiro atoms. The van der Waals surface area contributed by atoms with Gasteiger partial charge in [0.05, 0.1) is 20.8 Å². The Morgan fingerprint density at radius 3 is 2.20 bits per heavy atom. The number of rotatable bonds is 11. The molecule has 40 heavy (non-hydrogen) atoms. The first kappa shape index (κ1) is 27.3. The molecule has 1 aliphatic heterocycles. The van der Waals surface area contributed by atoms with Crippen molar-refractivity contribution in [1.82, 2.24) is 10.2 Å². The number of methoxy groups -OCH3 is 2. The molecule has 4 aromatic carbocycles. The molecule has 206 valence electrons. The highest BCUT2D eigenvalue weighted by atomic mass is 16.5. The number of fused-ring (bicyclic) bond motifs is 1. The number of nitrogens with one attached hydrogen (secondary N) is 2. The Bertz CT molecular complexity index is 1410. The van der Waals surface area contributed by atoms with E-state index in [9.17, 15) is 4.79 Å². The van der Waals surface area contributed by atoms with Crippen molar-refractivity contribution in [2.45, 2.75) is 32.0 Å². The molecule has 1 atom stereocenters. The Hall–Kier alpha value is -4.29. The van der Waals surface area contributed by atoms with Crippen LogP contribution in [0.25, 0.3) is 0 Å². The summed E-state index contributed by atoms with van der Waals surface area (Å²) in [5.41, 5.74) is 7.18. The highest BCUT2D eigenvalue weighted by Crippen LogP contribution is 2.36. The molecule has 0 saturated carbocycles. The zero-order chi connectivity index (χ0) is 27.7. The lowest BCUT2D eigenvalue weighted by atomic mass is 9.88. The molecular formula is C34H37N3O3. The molecule has 2 N–H and O–H groups in total. The van der Waals surface area contributed by atoms with Gasteiger partial charge in [0, 0.05) is 31.4 Å². The SMILES string of the molecule is COc1ccc(CC2c3ccc(NCc4ccccc4)cc3CCN2CC(=O)NCc2ccccc2)cc1OC. The van der Waals surface area contributed by atoms with Crippen LogP contribution in [0.1, 0.15) is 33.9 Å². The number of anilines is 1. The van der Waals surface area contributed by atoms with Crippen LogP contribution in [0.15, 0.2) is 97.1 Å². The second-order valence-electron chi connectivity index (χ2n) is 10.1. The quantitative estimate of drug-likeness (QED) is 0.255. The van der Waals surface area contributed by atoms with Crippen LogP contribution in [0, 0.1) is 0 Å². The third kappa shape index (κ3) is 6.82. The number of hydrogen-bond acceptors (Lipinski definition) is 5. The molecule has 1 aliphatic rings. The molecular weight excluding hydrogens is 498 g/mol. The number of carbonyl (C=O) groups excluding carboxylic acids is 1. The first-order chi connectivity index (χ1) is 19.6. The van der Waals surface area contributed by atoms with E-state index >= 15 is 0 Å². The minimum absolute atomic E-state index is 0.0331. The number of carbonyl (C=O) groups is 1. The van der Waals surface area contributed by atoms with Gasteiger partial charge < -0.3 is 20.1 Å². The maximum atomic E-state index is 13.1. The van der Waals surface area contributed by atoms with Crippen LogP contribution in [-0.4, -0.2) is 38.1 Å². The minimum atomic E-state index is 0.0331. The molecule has 0 radical (unpaired) electrons. The molecule has 0 bridgehead atoms. The smallest absolute Gasteiger partial charge is 0.234 e. The Kier molecular flexibility index (Phi) is 8.99. The molecule has 1 unspecified atom stereocenters. The van der Waals surface area contributed by atoms with Crippen molar-refractivity contribution in [3.63, 3.8) is 0 Å². The van der Waals surface area contributed by atoms with Gasteiger partial charge in [-0.15, -0.1) is 0 Å². The topological polar surface area (TPSA) is 62.8 Å². The summed E-state index contributed by atoms with van der Waals surface area (Å²) < 4.78 is 11.0. The third-order valence-electron chi connectivity index (χ3n) is 7.51. The Morgan fingerprint density at radius 2 is 1.50 bits per heavy atom. The van der Waals surface area contributed by atoms with E-state index in [1.54, 1.807) is 14.2 Å². The standard InChI is InChI=1S/C34H37N3O3/c1-39-32-16-13-27(20-33(32)40-2)19-31-30-15-14-29(35-22-25-9-5-3-6-10-25)21-28(30)17-18-37(31)24-34(38)36-23-26-11-7-4-8-12-26/h3-16,20-21,31,35H,17-19,22-24H2,1-2H3,(H,36,38). The first-order valence-electron chi connectivity index (χ1n) is 13.8. The second-order valence-corrected chi connectivity index (χ2v) is 10.1. The van der Waals surface area contributed by atoms with E-state index < -0.39 is 0 Å². The molecule has 1 heterocycles. The van der Waals surface area contributed by atoms with E-state index in [0.717, 1.165) is 42.7 Å². The van der Waals surface area contributed by atoms with E-state index in [1.165, 1.54) is 16.7 Å². The normalized spacial score (nSPS) is 14.7. The number of benzene rings is 4. The van der Waals surface area contributed by atoms with Crippen LogP contribution in [0.5, 0.6) is 11.5 Å². The number of ether oxygens (including phenoxy) is 2. The highest BCUT2D eigenvalue weighted by Gasteiger charge is 2.29. The molecule has 4 aromatic rings. The van der Waals surface area contributed by atoms with Crippen LogP contribution in [0.3, 0.4) is 0 Å². The molecule has 0 fully saturated rings. The molecule has 0 aromatic heterocycles. The van der Waals surface area contributed by atoms with E-state index in [-0.39, 0.29) is 11.9 Å². The van der Waals surface area contributed by atoms with Gasteiger partial charge in [0.2, 0.25) is 5.91 Å². The highest BCUT2D eigenvalue weighted by molar-refractivity contribution is 5.78. The van der Waals surface area contributed by atoms with Crippen molar-refractivity contribution in [3.05, 3.63) is 125 Å². The monoisotopic (exact) mass is 535 g/mol. The zero-order valence-corrected chi connectivity index (χ0v) is 23.2. The Labute approximate surface area is 236 Å². The number of amides is 1. The zero-order valence-electron chi connectivity index (χ0n) is 23.2. The summed E-state index contributed by atoms with van der Waals surface area (Å²) in [6, 6.07) is 33.2. The lowest BCUT2D eigenvalue weighted by molar-refractivity contribution is -0.123. The van der Waals surface area contributed by atoms with Gasteiger partial charge in [-0.3, -0.25) is 9.69 Å². The van der Waals surface area contributed by atoms with Crippen LogP contribution in [0.2, 0.25) is 0 Å². The van der Waals surface area contributed by atoms with Crippen LogP contribution in [0.4, 0.5) is 5.69 Å². The van der Waals surface area contributed by atoms with Gasteiger partial charge in [0.25, 0.3) is 0 Å². The summed E-state index contributed by atoms with van der Waals surface area (Å²) >= 11 is 0. The number of nitrogens with zero attached hydrogens (tertiary/aromatic N) is 1. The van der Waals surface area contributed by atoms with Crippen LogP contribution < -0.4 is 20.1 Å². The average molecular weight is 536 g/mol. The average Bonchev–Trinajstić information content (AvgIpc) is 3.01. The molecule has 0 saturated heterocycles. The summed E-state index contributed by atoms with van der Waals surface area (Å²) in [5.74, 6) is 1.45. The fourth-order valence-electron chi connectivity index (χ4n) is 5.37. The predicted octanol–water partition coefficient (Wildman–Crippen LogP) is 5.77. The third-order valence-corrected chi connectivity index (χ3v) is 7.51. The maximum absolute atomic E-state index is 13.1. The van der Waals surface area contributed by atoms with Gasteiger partial charge in [0.15, 0.2) is 11.5 Å². The summed E-state index contributed by atoms with van der Waals surface area (Å²) in [4.78, 5) is 15.4. The van der Waals surface area contributed by atoms with Crippen molar-refractivity contribution in [3.8, 4) is 11.5 Å². The van der Waals surface area contributed by atoms with Gasteiger partial charge in [-0.1, -0.05) is 72.8 Å². The van der Waals surface area contributed by atoms with Crippen molar-refractivity contribution in [1.29, 1.82) is 0 Å². The summed E-state index contributed by atoms with van der Waals surface area (Å²) in [7, 11) is 3.30. The fraction of sp³-hybridized carbons (Fsp3) is 0.265. The van der Waals surface area contributed by atoms with Crippen molar-refractivity contribution >= 4 is 11.6 Å². The first-order valence-corrected chi connectivity index (χ1v) is 13.8. The minimum Gasteiger partial charge on any atom is -0.493 e. The second kappa shape index (κ2) is 13.2. The van der Waals surface area contributed by atoms with Crippen molar-refractivity contribution < 1.29 is 14.3 Å². The van der Waals surface area contributed by atoms with E-state index in [2.05, 4.69) is 64.1 Å². The maximum Gasteiger partial charge on any atom is 0.234 e. The fourth-order valence-corrected chi connectivity index (χ4v) is 5.37. The molecule has 6 heteroatoms. The van der Waals surface area contributed by atoms with Gasteiger partial charge >= 0.3 is 0 Å². The molecule has 0 aliphatic carbocycles. The van der Waals surface area contributed by atoms with E-state index in [4.69, 9.17) is 9.47 Å². The van der Waals surface area contributed by atoms with E-state index in [1.807, 2.05) is 48.5 Å². The van der Waals surface area contributed by atoms with Crippen LogP contribution in [-0.2, 0) is 30.7 Å². The van der Waals surface area contributed by atoms with Crippen molar-refractivity contribution in [2.75, 3.05) is 32.6 Å². The predicted molar refractivity (Wildman–Crippen MR) is 160 cm³/mol. The number of hydrogen-bond donors (Lipinski definition) is 2. The lowest BCUT2D eigenvalue weighted by Crippen LogP contribution is -2.43. The van der Waals surface area contributed by atoms with Crippen molar-refractivity contribution in [2.24, 2.45) is 0 Å². The van der Waals surface area contributed by atoms with Gasteiger partial charge in [-0.2, -0.15) is 0 Å². The van der Waals surface area contributed by atoms with Crippen LogP contribution >= 0.6 is 0 Å².